The van der Waals surface area contributed by atoms with E-state index in [4.69, 9.17) is 16.7 Å². The number of carbonyl (C=O) groups is 2. The van der Waals surface area contributed by atoms with Gasteiger partial charge < -0.3 is 10.4 Å². The van der Waals surface area contributed by atoms with Crippen molar-refractivity contribution >= 4 is 29.2 Å². The van der Waals surface area contributed by atoms with E-state index in [1.165, 1.54) is 12.1 Å². The minimum atomic E-state index is -1.00. The van der Waals surface area contributed by atoms with Crippen LogP contribution >= 0.6 is 11.6 Å². The van der Waals surface area contributed by atoms with Crippen LogP contribution in [0.2, 0.25) is 5.02 Å². The van der Waals surface area contributed by atoms with Gasteiger partial charge in [-0.25, -0.2) is 4.79 Å². The fourth-order valence-electron chi connectivity index (χ4n) is 1.78. The summed E-state index contributed by atoms with van der Waals surface area (Å²) in [5, 5.41) is 12.1. The van der Waals surface area contributed by atoms with Crippen molar-refractivity contribution in [1.29, 1.82) is 0 Å². The van der Waals surface area contributed by atoms with Gasteiger partial charge in [-0.3, -0.25) is 4.79 Å². The van der Waals surface area contributed by atoms with Crippen LogP contribution in [0, 0.1) is 6.92 Å². The zero-order chi connectivity index (χ0) is 14.7. The van der Waals surface area contributed by atoms with Gasteiger partial charge in [0.15, 0.2) is 0 Å². The lowest BCUT2D eigenvalue weighted by Gasteiger charge is -2.08. The normalized spacial score (nSPS) is 10.1. The van der Waals surface area contributed by atoms with Crippen LogP contribution in [0.15, 0.2) is 42.5 Å². The lowest BCUT2D eigenvalue weighted by atomic mass is 10.1. The number of anilines is 1. The summed E-state index contributed by atoms with van der Waals surface area (Å²) in [5.41, 5.74) is 2.01. The molecule has 0 saturated carbocycles. The Balaban J connectivity index is 2.17. The first kappa shape index (κ1) is 14.1. The van der Waals surface area contributed by atoms with E-state index in [1.54, 1.807) is 37.3 Å². The molecule has 0 radical (unpaired) electrons. The molecule has 0 bridgehead atoms. The van der Waals surface area contributed by atoms with Crippen molar-refractivity contribution < 1.29 is 14.7 Å². The third kappa shape index (κ3) is 3.16. The summed E-state index contributed by atoms with van der Waals surface area (Å²) in [5.74, 6) is -1.27. The number of hydrogen-bond donors (Lipinski definition) is 2. The molecule has 2 N–H and O–H groups in total. The molecule has 0 saturated heterocycles. The van der Waals surface area contributed by atoms with Gasteiger partial charge in [0.1, 0.15) is 0 Å². The summed E-state index contributed by atoms with van der Waals surface area (Å²) in [4.78, 5) is 22.8. The van der Waals surface area contributed by atoms with Crippen molar-refractivity contribution in [3.63, 3.8) is 0 Å². The van der Waals surface area contributed by atoms with Crippen LogP contribution in [0.5, 0.6) is 0 Å². The molecule has 0 heterocycles. The Morgan fingerprint density at radius 2 is 1.75 bits per heavy atom. The maximum atomic E-state index is 12.1. The van der Waals surface area contributed by atoms with E-state index in [0.29, 0.717) is 16.3 Å². The van der Waals surface area contributed by atoms with Gasteiger partial charge in [-0.2, -0.15) is 0 Å². The average molecular weight is 290 g/mol. The number of carboxylic acids is 1. The molecule has 2 aromatic rings. The van der Waals surface area contributed by atoms with E-state index >= 15 is 0 Å². The van der Waals surface area contributed by atoms with E-state index in [0.717, 1.165) is 5.56 Å². The first-order valence-electron chi connectivity index (χ1n) is 5.88. The largest absolute Gasteiger partial charge is 0.478 e. The number of halogens is 1. The van der Waals surface area contributed by atoms with Gasteiger partial charge in [-0.05, 0) is 55.0 Å². The standard InChI is InChI=1S/C15H12ClNO3/c1-9-8-11(16)4-7-13(9)14(18)17-12-5-2-10(3-6-12)15(19)20/h2-8H,1H3,(H,17,18)(H,19,20). The van der Waals surface area contributed by atoms with Gasteiger partial charge in [0, 0.05) is 16.3 Å². The van der Waals surface area contributed by atoms with Crippen molar-refractivity contribution in [3.8, 4) is 0 Å². The third-order valence-electron chi connectivity index (χ3n) is 2.82. The first-order valence-corrected chi connectivity index (χ1v) is 6.26. The van der Waals surface area contributed by atoms with Gasteiger partial charge in [-0.15, -0.1) is 0 Å². The minimum absolute atomic E-state index is 0.172. The number of benzene rings is 2. The molecule has 0 aliphatic carbocycles. The summed E-state index contributed by atoms with van der Waals surface area (Å²) >= 11 is 5.84. The average Bonchev–Trinajstić information content (AvgIpc) is 2.39. The second kappa shape index (κ2) is 5.75. The Hall–Kier alpha value is -2.33. The molecule has 4 nitrogen and oxygen atoms in total. The van der Waals surface area contributed by atoms with Crippen molar-refractivity contribution in [3.05, 3.63) is 64.2 Å². The van der Waals surface area contributed by atoms with E-state index in [2.05, 4.69) is 5.32 Å². The number of nitrogens with one attached hydrogen (secondary N) is 1. The molecule has 2 aromatic carbocycles. The number of carboxylic acid groups (broad SMARTS) is 1. The van der Waals surface area contributed by atoms with Crippen LogP contribution in [0.4, 0.5) is 5.69 Å². The maximum Gasteiger partial charge on any atom is 0.335 e. The summed E-state index contributed by atoms with van der Waals surface area (Å²) in [7, 11) is 0. The molecule has 0 fully saturated rings. The molecule has 1 amide bonds. The van der Waals surface area contributed by atoms with E-state index < -0.39 is 5.97 Å². The molecular formula is C15H12ClNO3. The fraction of sp³-hybridized carbons (Fsp3) is 0.0667. The van der Waals surface area contributed by atoms with E-state index in [9.17, 15) is 9.59 Å². The molecule has 102 valence electrons. The van der Waals surface area contributed by atoms with Gasteiger partial charge in [-0.1, -0.05) is 11.6 Å². The second-order valence-corrected chi connectivity index (χ2v) is 4.73. The number of aryl methyl sites for hydroxylation is 1. The number of amides is 1. The minimum Gasteiger partial charge on any atom is -0.478 e. The predicted octanol–water partition coefficient (Wildman–Crippen LogP) is 3.60. The number of rotatable bonds is 3. The first-order chi connectivity index (χ1) is 9.47. The molecule has 0 unspecified atom stereocenters. The smallest absolute Gasteiger partial charge is 0.335 e. The second-order valence-electron chi connectivity index (χ2n) is 4.30. The van der Waals surface area contributed by atoms with Crippen LogP contribution in [-0.2, 0) is 0 Å². The summed E-state index contributed by atoms with van der Waals surface area (Å²) in [6.07, 6.45) is 0. The summed E-state index contributed by atoms with van der Waals surface area (Å²) < 4.78 is 0. The Bertz CT molecular complexity index is 665. The van der Waals surface area contributed by atoms with Crippen LogP contribution in [0.1, 0.15) is 26.3 Å². The molecule has 0 aliphatic heterocycles. The Morgan fingerprint density at radius 3 is 2.30 bits per heavy atom. The summed E-state index contributed by atoms with van der Waals surface area (Å²) in [6.45, 7) is 1.80. The van der Waals surface area contributed by atoms with Gasteiger partial charge in [0.05, 0.1) is 5.56 Å². The van der Waals surface area contributed by atoms with Gasteiger partial charge >= 0.3 is 5.97 Å². The van der Waals surface area contributed by atoms with E-state index in [1.807, 2.05) is 0 Å². The quantitative estimate of drug-likeness (QED) is 0.907. The number of hydrogen-bond acceptors (Lipinski definition) is 2. The number of aromatic carboxylic acids is 1. The molecule has 0 aliphatic rings. The highest BCUT2D eigenvalue weighted by Crippen LogP contribution is 2.17. The Kier molecular flexibility index (Phi) is 4.05. The Morgan fingerprint density at radius 1 is 1.10 bits per heavy atom. The van der Waals surface area contributed by atoms with E-state index in [-0.39, 0.29) is 11.5 Å². The van der Waals surface area contributed by atoms with Gasteiger partial charge in [0.25, 0.3) is 5.91 Å². The monoisotopic (exact) mass is 289 g/mol. The summed E-state index contributed by atoms with van der Waals surface area (Å²) in [6, 6.07) is 11.0. The maximum absolute atomic E-state index is 12.1. The van der Waals surface area contributed by atoms with Crippen LogP contribution in [0.3, 0.4) is 0 Å². The highest BCUT2D eigenvalue weighted by molar-refractivity contribution is 6.30. The molecule has 2 rings (SSSR count). The van der Waals surface area contributed by atoms with Gasteiger partial charge in [0.2, 0.25) is 0 Å². The molecule has 20 heavy (non-hydrogen) atoms. The van der Waals surface area contributed by atoms with Crippen molar-refractivity contribution in [2.45, 2.75) is 6.92 Å². The lowest BCUT2D eigenvalue weighted by molar-refractivity contribution is 0.0696. The molecule has 0 atom stereocenters. The van der Waals surface area contributed by atoms with Crippen LogP contribution < -0.4 is 5.32 Å². The fourth-order valence-corrected chi connectivity index (χ4v) is 2.00. The van der Waals surface area contributed by atoms with Crippen LogP contribution in [0.25, 0.3) is 0 Å². The predicted molar refractivity (Wildman–Crippen MR) is 77.5 cm³/mol. The third-order valence-corrected chi connectivity index (χ3v) is 3.06. The zero-order valence-electron chi connectivity index (χ0n) is 10.7. The van der Waals surface area contributed by atoms with Crippen molar-refractivity contribution in [1.82, 2.24) is 0 Å². The number of carbonyl (C=O) groups excluding carboxylic acids is 1. The van der Waals surface area contributed by atoms with Crippen molar-refractivity contribution in [2.75, 3.05) is 5.32 Å². The van der Waals surface area contributed by atoms with Crippen molar-refractivity contribution in [2.24, 2.45) is 0 Å². The molecule has 0 aromatic heterocycles. The lowest BCUT2D eigenvalue weighted by Crippen LogP contribution is -2.13. The molecule has 5 heteroatoms. The molecular weight excluding hydrogens is 278 g/mol. The highest BCUT2D eigenvalue weighted by atomic mass is 35.5. The Labute approximate surface area is 121 Å². The topological polar surface area (TPSA) is 66.4 Å². The highest BCUT2D eigenvalue weighted by Gasteiger charge is 2.10. The van der Waals surface area contributed by atoms with Crippen LogP contribution in [-0.4, -0.2) is 17.0 Å². The SMILES string of the molecule is Cc1cc(Cl)ccc1C(=O)Nc1ccc(C(=O)O)cc1. The zero-order valence-corrected chi connectivity index (χ0v) is 11.4. The molecule has 0 spiro atoms.